The van der Waals surface area contributed by atoms with Crippen LogP contribution in [0.1, 0.15) is 31.7 Å². The molecule has 3 rings (SSSR count). The Morgan fingerprint density at radius 3 is 2.95 bits per heavy atom. The van der Waals surface area contributed by atoms with Crippen LogP contribution >= 0.6 is 23.4 Å². The summed E-state index contributed by atoms with van der Waals surface area (Å²) in [4.78, 5) is 11.4. The second-order valence-electron chi connectivity index (χ2n) is 5.67. The molecular weight excluding hydrogens is 280 g/mol. The number of nitrogens with zero attached hydrogens (tertiary/aromatic N) is 3. The van der Waals surface area contributed by atoms with Crippen molar-refractivity contribution in [3.05, 3.63) is 10.7 Å². The molecule has 6 heteroatoms. The van der Waals surface area contributed by atoms with Gasteiger partial charge in [-0.1, -0.05) is 11.6 Å². The van der Waals surface area contributed by atoms with E-state index >= 15 is 0 Å². The summed E-state index contributed by atoms with van der Waals surface area (Å²) in [6.45, 7) is 6.39. The Morgan fingerprint density at radius 1 is 1.42 bits per heavy atom. The van der Waals surface area contributed by atoms with Crippen LogP contribution in [0, 0.1) is 0 Å². The van der Waals surface area contributed by atoms with Gasteiger partial charge in [-0.25, -0.2) is 9.97 Å². The normalized spacial score (nSPS) is 26.4. The average Bonchev–Trinajstić information content (AvgIpc) is 2.65. The van der Waals surface area contributed by atoms with Gasteiger partial charge in [-0.2, -0.15) is 0 Å². The zero-order chi connectivity index (χ0) is 13.6. The van der Waals surface area contributed by atoms with E-state index in [-0.39, 0.29) is 0 Å². The predicted molar refractivity (Wildman–Crippen MR) is 80.3 cm³/mol. The molecule has 1 N–H and O–H groups in total. The van der Waals surface area contributed by atoms with Crippen LogP contribution in [-0.4, -0.2) is 46.3 Å². The van der Waals surface area contributed by atoms with Gasteiger partial charge in [-0.05, 0) is 33.9 Å². The molecule has 1 saturated heterocycles. The molecule has 0 aromatic carbocycles. The molecule has 0 bridgehead atoms. The molecule has 2 unspecified atom stereocenters. The highest BCUT2D eigenvalue weighted by Gasteiger charge is 2.40. The zero-order valence-electron chi connectivity index (χ0n) is 11.5. The number of thioether (sulfide) groups is 1. The number of piperidine rings is 1. The van der Waals surface area contributed by atoms with E-state index in [1.165, 1.54) is 5.56 Å². The van der Waals surface area contributed by atoms with Crippen LogP contribution in [0.3, 0.4) is 0 Å². The highest BCUT2D eigenvalue weighted by Crippen LogP contribution is 2.50. The molecule has 0 saturated carbocycles. The first-order valence-electron chi connectivity index (χ1n) is 6.73. The summed E-state index contributed by atoms with van der Waals surface area (Å²) in [6.07, 6.45) is 1.15. The molecule has 2 aliphatic rings. The van der Waals surface area contributed by atoms with E-state index in [9.17, 15) is 0 Å². The number of fused-ring (bicyclic) bond motifs is 3. The van der Waals surface area contributed by atoms with Crippen LogP contribution in [0.25, 0.3) is 0 Å². The molecule has 1 aromatic rings. The van der Waals surface area contributed by atoms with E-state index in [1.807, 2.05) is 11.8 Å². The largest absolute Gasteiger partial charge is 0.352 e. The molecule has 4 nitrogen and oxygen atoms in total. The molecule has 1 aromatic heterocycles. The van der Waals surface area contributed by atoms with Crippen LogP contribution in [0.2, 0.25) is 5.15 Å². The monoisotopic (exact) mass is 298 g/mol. The first-order valence-corrected chi connectivity index (χ1v) is 7.99. The second-order valence-corrected chi connectivity index (χ2v) is 7.26. The summed E-state index contributed by atoms with van der Waals surface area (Å²) in [6, 6.07) is 0.314. The third kappa shape index (κ3) is 2.56. The Balaban J connectivity index is 1.92. The fourth-order valence-electron chi connectivity index (χ4n) is 2.81. The maximum atomic E-state index is 6.40. The lowest BCUT2D eigenvalue weighted by molar-refractivity contribution is 0.264. The smallest absolute Gasteiger partial charge is 0.225 e. The van der Waals surface area contributed by atoms with Gasteiger partial charge in [0.05, 0.1) is 0 Å². The van der Waals surface area contributed by atoms with Gasteiger partial charge in [0.2, 0.25) is 5.95 Å². The van der Waals surface area contributed by atoms with E-state index in [1.54, 1.807) is 0 Å². The van der Waals surface area contributed by atoms with Gasteiger partial charge in [0.1, 0.15) is 10.2 Å². The third-order valence-electron chi connectivity index (χ3n) is 3.68. The van der Waals surface area contributed by atoms with Gasteiger partial charge in [-0.3, -0.25) is 0 Å². The summed E-state index contributed by atoms with van der Waals surface area (Å²) in [5.74, 6) is 1.18. The Kier molecular flexibility index (Phi) is 3.62. The minimum absolute atomic E-state index is 0.314. The van der Waals surface area contributed by atoms with Crippen molar-refractivity contribution in [1.82, 2.24) is 14.9 Å². The van der Waals surface area contributed by atoms with E-state index < -0.39 is 0 Å². The number of anilines is 1. The molecule has 1 fully saturated rings. The molecule has 0 amide bonds. The van der Waals surface area contributed by atoms with Crippen LogP contribution < -0.4 is 5.32 Å². The topological polar surface area (TPSA) is 41.1 Å². The third-order valence-corrected chi connectivity index (χ3v) is 5.28. The standard InChI is InChI=1S/C13H19ClN4S/c1-7(2)15-13-16-11(14)10-8-4-5-18(3)6-9(8)19-12(10)17-13/h7-9H,4-6H2,1-3H3,(H,15,16,17). The summed E-state index contributed by atoms with van der Waals surface area (Å²) >= 11 is 8.26. The maximum absolute atomic E-state index is 6.40. The first kappa shape index (κ1) is 13.5. The quantitative estimate of drug-likeness (QED) is 0.850. The Hall–Kier alpha value is -0.520. The lowest BCUT2D eigenvalue weighted by Crippen LogP contribution is -2.36. The number of halogens is 1. The van der Waals surface area contributed by atoms with E-state index in [0.717, 1.165) is 24.5 Å². The second kappa shape index (κ2) is 5.11. The lowest BCUT2D eigenvalue weighted by Gasteiger charge is -2.31. The Labute approximate surface area is 123 Å². The van der Waals surface area contributed by atoms with Crippen LogP contribution in [-0.2, 0) is 0 Å². The van der Waals surface area contributed by atoms with Crippen LogP contribution in [0.5, 0.6) is 0 Å². The molecule has 3 heterocycles. The summed E-state index contributed by atoms with van der Waals surface area (Å²) in [5.41, 5.74) is 1.18. The predicted octanol–water partition coefficient (Wildman–Crippen LogP) is 2.84. The SMILES string of the molecule is CC(C)Nc1nc(Cl)c2c(n1)SC1CN(C)CCC21. The molecule has 0 aliphatic carbocycles. The van der Waals surface area contributed by atoms with Gasteiger partial charge in [-0.15, -0.1) is 11.8 Å². The molecule has 0 spiro atoms. The van der Waals surface area contributed by atoms with Gasteiger partial charge >= 0.3 is 0 Å². The number of aromatic nitrogens is 2. The van der Waals surface area contributed by atoms with Crippen molar-refractivity contribution >= 4 is 29.3 Å². The van der Waals surface area contributed by atoms with E-state index in [2.05, 4.69) is 41.1 Å². The number of rotatable bonds is 2. The van der Waals surface area contributed by atoms with Gasteiger partial charge < -0.3 is 10.2 Å². The van der Waals surface area contributed by atoms with Crippen LogP contribution in [0.15, 0.2) is 5.03 Å². The van der Waals surface area contributed by atoms with Crippen molar-refractivity contribution in [2.45, 2.75) is 42.5 Å². The highest BCUT2D eigenvalue weighted by atomic mass is 35.5. The molecule has 19 heavy (non-hydrogen) atoms. The molecule has 104 valence electrons. The van der Waals surface area contributed by atoms with Crippen molar-refractivity contribution < 1.29 is 0 Å². The van der Waals surface area contributed by atoms with Crippen LogP contribution in [0.4, 0.5) is 5.95 Å². The van der Waals surface area contributed by atoms with Crippen molar-refractivity contribution in [1.29, 1.82) is 0 Å². The van der Waals surface area contributed by atoms with Gasteiger partial charge in [0, 0.05) is 29.3 Å². The van der Waals surface area contributed by atoms with Crippen molar-refractivity contribution in [3.8, 4) is 0 Å². The minimum atomic E-state index is 0.314. The first-order chi connectivity index (χ1) is 9.04. The van der Waals surface area contributed by atoms with Crippen molar-refractivity contribution in [2.75, 3.05) is 25.5 Å². The molecule has 2 atom stereocenters. The minimum Gasteiger partial charge on any atom is -0.352 e. The Bertz CT molecular complexity index is 494. The van der Waals surface area contributed by atoms with E-state index in [4.69, 9.17) is 11.6 Å². The summed E-state index contributed by atoms with van der Waals surface area (Å²) in [7, 11) is 2.18. The number of hydrogen-bond acceptors (Lipinski definition) is 5. The van der Waals surface area contributed by atoms with Gasteiger partial charge in [0.25, 0.3) is 0 Å². The lowest BCUT2D eigenvalue weighted by atomic mass is 9.91. The molecule has 0 radical (unpaired) electrons. The summed E-state index contributed by atoms with van der Waals surface area (Å²) < 4.78 is 0. The molecular formula is C13H19ClN4S. The van der Waals surface area contributed by atoms with Crippen molar-refractivity contribution in [3.63, 3.8) is 0 Å². The fourth-order valence-corrected chi connectivity index (χ4v) is 4.74. The van der Waals surface area contributed by atoms with E-state index in [0.29, 0.717) is 28.3 Å². The number of likely N-dealkylation sites (tertiary alicyclic amines) is 1. The number of nitrogens with one attached hydrogen (secondary N) is 1. The summed E-state index contributed by atoms with van der Waals surface area (Å²) in [5, 5.41) is 5.53. The zero-order valence-corrected chi connectivity index (χ0v) is 13.1. The molecule has 2 aliphatic heterocycles. The Morgan fingerprint density at radius 2 is 2.21 bits per heavy atom. The van der Waals surface area contributed by atoms with Gasteiger partial charge in [0.15, 0.2) is 0 Å². The number of hydrogen-bond donors (Lipinski definition) is 1. The highest BCUT2D eigenvalue weighted by molar-refractivity contribution is 8.00. The fraction of sp³-hybridized carbons (Fsp3) is 0.692. The average molecular weight is 299 g/mol. The maximum Gasteiger partial charge on any atom is 0.225 e. The van der Waals surface area contributed by atoms with Crippen molar-refractivity contribution in [2.24, 2.45) is 0 Å².